The van der Waals surface area contributed by atoms with Crippen molar-refractivity contribution in [3.8, 4) is 0 Å². The molecule has 0 aromatic heterocycles. The van der Waals surface area contributed by atoms with Crippen LogP contribution in [0.1, 0.15) is 18.1 Å². The van der Waals surface area contributed by atoms with Gasteiger partial charge in [0.15, 0.2) is 0 Å². The zero-order chi connectivity index (χ0) is 10.3. The van der Waals surface area contributed by atoms with E-state index in [2.05, 4.69) is 15.9 Å². The molecule has 1 aromatic carbocycles. The Morgan fingerprint density at radius 2 is 2.29 bits per heavy atom. The van der Waals surface area contributed by atoms with Crippen LogP contribution in [0.4, 0.5) is 4.39 Å². The van der Waals surface area contributed by atoms with Crippen LogP contribution in [0.3, 0.4) is 0 Å². The second kappa shape index (κ2) is 3.29. The first-order valence-electron chi connectivity index (χ1n) is 4.29. The molecule has 0 fully saturated rings. The highest BCUT2D eigenvalue weighted by molar-refractivity contribution is 9.10. The Balaban J connectivity index is 2.63. The van der Waals surface area contributed by atoms with Crippen molar-refractivity contribution >= 4 is 15.9 Å². The van der Waals surface area contributed by atoms with Gasteiger partial charge in [-0.25, -0.2) is 4.39 Å². The molecule has 2 nitrogen and oxygen atoms in total. The molecule has 1 heterocycles. The minimum atomic E-state index is -1.22. The summed E-state index contributed by atoms with van der Waals surface area (Å²) in [6.45, 7) is 2.04. The summed E-state index contributed by atoms with van der Waals surface area (Å²) < 4.78 is 19.4. The maximum atomic E-state index is 13.6. The van der Waals surface area contributed by atoms with Crippen LogP contribution in [0.15, 0.2) is 16.6 Å². The molecule has 1 aliphatic rings. The number of benzene rings is 1. The van der Waals surface area contributed by atoms with Crippen LogP contribution in [0.25, 0.3) is 0 Å². The Kier molecular flexibility index (Phi) is 2.37. The van der Waals surface area contributed by atoms with E-state index in [9.17, 15) is 9.50 Å². The molecule has 0 amide bonds. The van der Waals surface area contributed by atoms with Gasteiger partial charge in [-0.05, 0) is 24.6 Å². The highest BCUT2D eigenvalue weighted by atomic mass is 79.9. The molecule has 0 spiro atoms. The summed E-state index contributed by atoms with van der Waals surface area (Å²) in [5.74, 6) is -0.386. The Hall–Kier alpha value is -0.450. The van der Waals surface area contributed by atoms with E-state index in [1.54, 1.807) is 13.0 Å². The molecule has 0 saturated carbocycles. The van der Waals surface area contributed by atoms with E-state index in [1.165, 1.54) is 6.07 Å². The third-order valence-electron chi connectivity index (χ3n) is 2.32. The maximum absolute atomic E-state index is 13.6. The number of hydrogen-bond acceptors (Lipinski definition) is 2. The zero-order valence-corrected chi connectivity index (χ0v) is 9.27. The summed E-state index contributed by atoms with van der Waals surface area (Å²) >= 11 is 3.20. The van der Waals surface area contributed by atoms with Crippen LogP contribution < -0.4 is 0 Å². The summed E-state index contributed by atoms with van der Waals surface area (Å²) in [4.78, 5) is 0. The van der Waals surface area contributed by atoms with E-state index in [4.69, 9.17) is 4.74 Å². The molecule has 1 atom stereocenters. The minimum absolute atomic E-state index is 0.137. The predicted octanol–water partition coefficient (Wildman–Crippen LogP) is 2.33. The largest absolute Gasteiger partial charge is 0.383 e. The summed E-state index contributed by atoms with van der Waals surface area (Å²) in [6, 6.07) is 3.13. The molecule has 0 saturated heterocycles. The number of ether oxygens (including phenoxy) is 1. The summed E-state index contributed by atoms with van der Waals surface area (Å²) in [6.07, 6.45) is 0. The van der Waals surface area contributed by atoms with Crippen molar-refractivity contribution in [2.45, 2.75) is 19.1 Å². The third kappa shape index (κ3) is 1.58. The van der Waals surface area contributed by atoms with Crippen molar-refractivity contribution in [3.05, 3.63) is 33.5 Å². The lowest BCUT2D eigenvalue weighted by atomic mass is 9.90. The molecular formula is C10H10BrFO2. The van der Waals surface area contributed by atoms with Gasteiger partial charge in [-0.1, -0.05) is 15.9 Å². The van der Waals surface area contributed by atoms with Crippen LogP contribution >= 0.6 is 15.9 Å². The average molecular weight is 261 g/mol. The Morgan fingerprint density at radius 1 is 1.57 bits per heavy atom. The van der Waals surface area contributed by atoms with E-state index >= 15 is 0 Å². The Bertz CT molecular complexity index is 377. The monoisotopic (exact) mass is 260 g/mol. The number of rotatable bonds is 0. The summed E-state index contributed by atoms with van der Waals surface area (Å²) in [5.41, 5.74) is -0.168. The topological polar surface area (TPSA) is 29.5 Å². The molecule has 1 aromatic rings. The van der Waals surface area contributed by atoms with Crippen LogP contribution in [-0.4, -0.2) is 11.7 Å². The third-order valence-corrected chi connectivity index (χ3v) is 2.77. The van der Waals surface area contributed by atoms with E-state index in [-0.39, 0.29) is 12.4 Å². The Morgan fingerprint density at radius 3 is 3.00 bits per heavy atom. The van der Waals surface area contributed by atoms with Crippen LogP contribution in [0.5, 0.6) is 0 Å². The molecule has 1 aliphatic heterocycles. The first-order chi connectivity index (χ1) is 6.50. The zero-order valence-electron chi connectivity index (χ0n) is 7.68. The number of hydrogen-bond donors (Lipinski definition) is 1. The maximum Gasteiger partial charge on any atom is 0.130 e. The molecule has 2 rings (SSSR count). The first-order valence-corrected chi connectivity index (χ1v) is 5.08. The van der Waals surface area contributed by atoms with Gasteiger partial charge in [0, 0.05) is 10.0 Å². The highest BCUT2D eigenvalue weighted by Gasteiger charge is 2.33. The first kappa shape index (κ1) is 10.1. The second-order valence-corrected chi connectivity index (χ2v) is 4.60. The molecule has 0 aliphatic carbocycles. The molecule has 0 bridgehead atoms. The molecular weight excluding hydrogens is 251 g/mol. The van der Waals surface area contributed by atoms with Crippen LogP contribution in [0, 0.1) is 5.82 Å². The van der Waals surface area contributed by atoms with Gasteiger partial charge in [0.1, 0.15) is 11.4 Å². The lowest BCUT2D eigenvalue weighted by Gasteiger charge is -2.31. The highest BCUT2D eigenvalue weighted by Crippen LogP contribution is 2.34. The number of fused-ring (bicyclic) bond motifs is 1. The number of halogens is 2. The lowest BCUT2D eigenvalue weighted by Crippen LogP contribution is -2.34. The van der Waals surface area contributed by atoms with Crippen molar-refractivity contribution in [1.29, 1.82) is 0 Å². The standard InChI is InChI=1S/C10H10BrFO2/c1-10(13)5-14-4-6-2-7(11)3-8(12)9(6)10/h2-3,13H,4-5H2,1H3. The summed E-state index contributed by atoms with van der Waals surface area (Å²) in [7, 11) is 0. The van der Waals surface area contributed by atoms with Gasteiger partial charge in [-0.15, -0.1) is 0 Å². The van der Waals surface area contributed by atoms with Gasteiger partial charge >= 0.3 is 0 Å². The van der Waals surface area contributed by atoms with E-state index in [0.717, 1.165) is 0 Å². The van der Waals surface area contributed by atoms with Crippen molar-refractivity contribution in [2.24, 2.45) is 0 Å². The van der Waals surface area contributed by atoms with E-state index < -0.39 is 5.60 Å². The van der Waals surface area contributed by atoms with E-state index in [0.29, 0.717) is 22.2 Å². The lowest BCUT2D eigenvalue weighted by molar-refractivity contribution is -0.0627. The summed E-state index contributed by atoms with van der Waals surface area (Å²) in [5, 5.41) is 9.92. The van der Waals surface area contributed by atoms with Gasteiger partial charge in [0.2, 0.25) is 0 Å². The SMILES string of the molecule is CC1(O)COCc2cc(Br)cc(F)c21. The van der Waals surface area contributed by atoms with Crippen molar-refractivity contribution < 1.29 is 14.2 Å². The Labute approximate surface area is 89.8 Å². The van der Waals surface area contributed by atoms with Gasteiger partial charge in [0.05, 0.1) is 13.2 Å². The quantitative estimate of drug-likeness (QED) is 0.776. The fourth-order valence-electron chi connectivity index (χ4n) is 1.78. The average Bonchev–Trinajstić information content (AvgIpc) is 2.00. The minimum Gasteiger partial charge on any atom is -0.383 e. The van der Waals surface area contributed by atoms with Crippen molar-refractivity contribution in [3.63, 3.8) is 0 Å². The normalized spacial score (nSPS) is 26.0. The number of aliphatic hydroxyl groups is 1. The molecule has 1 unspecified atom stereocenters. The predicted molar refractivity (Wildman–Crippen MR) is 53.3 cm³/mol. The van der Waals surface area contributed by atoms with Gasteiger partial charge < -0.3 is 9.84 Å². The molecule has 0 radical (unpaired) electrons. The molecule has 1 N–H and O–H groups in total. The van der Waals surface area contributed by atoms with Crippen molar-refractivity contribution in [2.75, 3.05) is 6.61 Å². The smallest absolute Gasteiger partial charge is 0.130 e. The van der Waals surface area contributed by atoms with Crippen LogP contribution in [0.2, 0.25) is 0 Å². The molecule has 14 heavy (non-hydrogen) atoms. The fourth-order valence-corrected chi connectivity index (χ4v) is 2.25. The second-order valence-electron chi connectivity index (χ2n) is 3.69. The van der Waals surface area contributed by atoms with E-state index in [1.807, 2.05) is 0 Å². The molecule has 76 valence electrons. The van der Waals surface area contributed by atoms with Gasteiger partial charge in [-0.3, -0.25) is 0 Å². The fraction of sp³-hybridized carbons (Fsp3) is 0.400. The van der Waals surface area contributed by atoms with Crippen molar-refractivity contribution in [1.82, 2.24) is 0 Å². The molecule has 4 heteroatoms. The van der Waals surface area contributed by atoms with Gasteiger partial charge in [0.25, 0.3) is 0 Å². The van der Waals surface area contributed by atoms with Crippen LogP contribution in [-0.2, 0) is 16.9 Å². The van der Waals surface area contributed by atoms with Gasteiger partial charge in [-0.2, -0.15) is 0 Å².